The summed E-state index contributed by atoms with van der Waals surface area (Å²) < 4.78 is 16.7. The Morgan fingerprint density at radius 1 is 0.288 bits per heavy atom. The number of carbonyl (C=O) groups is 3. The maximum Gasteiger partial charge on any atom is 0.310 e. The highest BCUT2D eigenvalue weighted by atomic mass is 16.5. The number of allylic oxidation sites excluding steroid dienone is 6. The molecule has 0 aliphatic heterocycles. The second kappa shape index (κ2) is 55.2. The first kappa shape index (κ1) is 63.6. The number of rotatable bonds is 53. The van der Waals surface area contributed by atoms with Gasteiger partial charge in [-0.05, 0) is 96.3 Å². The third-order valence-electron chi connectivity index (χ3n) is 12.9. The molecule has 0 rings (SSSR count). The molecule has 0 bridgehead atoms. The van der Waals surface area contributed by atoms with Crippen molar-refractivity contribution >= 4 is 17.9 Å². The SMILES string of the molecule is CCCCCCCC/C=C\CCCCCCCCOC(=O)CC(CC(=O)OCCCCCCCC/C=C\CCCCCCCC)C(=O)OCCCCCCCC/C=C\CCCCCCCC. The molecule has 0 saturated heterocycles. The third-order valence-corrected chi connectivity index (χ3v) is 12.9. The fraction of sp³-hybridized carbons (Fsp3) is 0.850. The Labute approximate surface area is 410 Å². The fourth-order valence-electron chi connectivity index (χ4n) is 8.47. The zero-order chi connectivity index (χ0) is 47.9. The van der Waals surface area contributed by atoms with Crippen molar-refractivity contribution in [2.75, 3.05) is 19.8 Å². The van der Waals surface area contributed by atoms with E-state index in [1.54, 1.807) is 0 Å². The summed E-state index contributed by atoms with van der Waals surface area (Å²) in [6.07, 6.45) is 65.2. The Morgan fingerprint density at radius 2 is 0.500 bits per heavy atom. The van der Waals surface area contributed by atoms with Crippen LogP contribution in [0.15, 0.2) is 36.5 Å². The normalized spacial score (nSPS) is 11.8. The van der Waals surface area contributed by atoms with Gasteiger partial charge in [0.15, 0.2) is 0 Å². The second-order valence-electron chi connectivity index (χ2n) is 19.5. The standard InChI is InChI=1S/C60H110O6/c1-4-7-10-13-16-19-22-25-28-31-34-37-40-43-46-49-52-64-58(61)55-57(60(63)66-54-51-48-45-42-39-36-33-30-27-24-21-18-15-12-9-6-3)56-59(62)65-53-50-47-44-41-38-35-32-29-26-23-20-17-14-11-8-5-2/h25-30,57H,4-24,31-56H2,1-3H3/b28-25-,29-26-,30-27-. The average molecular weight is 928 g/mol. The number of ether oxygens (including phenoxy) is 3. The van der Waals surface area contributed by atoms with Gasteiger partial charge in [0.1, 0.15) is 0 Å². The Morgan fingerprint density at radius 3 is 0.758 bits per heavy atom. The minimum absolute atomic E-state index is 0.151. The van der Waals surface area contributed by atoms with Gasteiger partial charge in [0.25, 0.3) is 0 Å². The summed E-state index contributed by atoms with van der Waals surface area (Å²) in [5.74, 6) is -2.25. The zero-order valence-electron chi connectivity index (χ0n) is 44.2. The lowest BCUT2D eigenvalue weighted by Crippen LogP contribution is -2.26. The molecule has 0 aromatic heterocycles. The van der Waals surface area contributed by atoms with E-state index in [-0.39, 0.29) is 12.8 Å². The maximum atomic E-state index is 13.2. The number of unbranched alkanes of at least 4 members (excludes halogenated alkanes) is 36. The van der Waals surface area contributed by atoms with Crippen LogP contribution in [0.4, 0.5) is 0 Å². The fourth-order valence-corrected chi connectivity index (χ4v) is 8.47. The lowest BCUT2D eigenvalue weighted by atomic mass is 10.0. The van der Waals surface area contributed by atoms with Crippen molar-refractivity contribution in [1.29, 1.82) is 0 Å². The molecule has 6 nitrogen and oxygen atoms in total. The summed E-state index contributed by atoms with van der Waals surface area (Å²) >= 11 is 0. The predicted octanol–water partition coefficient (Wildman–Crippen LogP) is 19.1. The van der Waals surface area contributed by atoms with E-state index in [2.05, 4.69) is 57.2 Å². The number of carbonyl (C=O) groups excluding carboxylic acids is 3. The van der Waals surface area contributed by atoms with Crippen LogP contribution in [-0.2, 0) is 28.6 Å². The number of hydrogen-bond acceptors (Lipinski definition) is 6. The van der Waals surface area contributed by atoms with Crippen molar-refractivity contribution in [3.05, 3.63) is 36.5 Å². The van der Waals surface area contributed by atoms with Crippen molar-refractivity contribution in [2.24, 2.45) is 5.92 Å². The molecular weight excluding hydrogens is 817 g/mol. The lowest BCUT2D eigenvalue weighted by Gasteiger charge is -2.15. The first-order valence-electron chi connectivity index (χ1n) is 29.0. The van der Waals surface area contributed by atoms with Gasteiger partial charge in [-0.15, -0.1) is 0 Å². The highest BCUT2D eigenvalue weighted by molar-refractivity contribution is 5.84. The van der Waals surface area contributed by atoms with Gasteiger partial charge in [-0.25, -0.2) is 0 Å². The monoisotopic (exact) mass is 927 g/mol. The molecule has 0 saturated carbocycles. The van der Waals surface area contributed by atoms with Gasteiger partial charge in [-0.1, -0.05) is 231 Å². The van der Waals surface area contributed by atoms with Crippen LogP contribution in [-0.4, -0.2) is 37.7 Å². The molecule has 0 N–H and O–H groups in total. The first-order chi connectivity index (χ1) is 32.5. The van der Waals surface area contributed by atoms with E-state index < -0.39 is 23.8 Å². The average Bonchev–Trinajstić information content (AvgIpc) is 3.31. The van der Waals surface area contributed by atoms with Crippen LogP contribution in [0, 0.1) is 5.92 Å². The summed E-state index contributed by atoms with van der Waals surface area (Å²) in [6.45, 7) is 7.80. The number of hydrogen-bond donors (Lipinski definition) is 0. The van der Waals surface area contributed by atoms with E-state index in [0.29, 0.717) is 19.8 Å². The first-order valence-corrected chi connectivity index (χ1v) is 29.0. The zero-order valence-corrected chi connectivity index (χ0v) is 44.2. The van der Waals surface area contributed by atoms with Gasteiger partial charge >= 0.3 is 17.9 Å². The maximum absolute atomic E-state index is 13.2. The van der Waals surface area contributed by atoms with Gasteiger partial charge in [0.05, 0.1) is 38.6 Å². The van der Waals surface area contributed by atoms with Crippen molar-refractivity contribution in [1.82, 2.24) is 0 Å². The Bertz CT molecular complexity index is 1050. The van der Waals surface area contributed by atoms with Crippen LogP contribution in [0.3, 0.4) is 0 Å². The van der Waals surface area contributed by atoms with E-state index in [4.69, 9.17) is 14.2 Å². The molecule has 0 aliphatic carbocycles. The topological polar surface area (TPSA) is 78.9 Å². The molecule has 0 aromatic rings. The summed E-state index contributed by atoms with van der Waals surface area (Å²) in [7, 11) is 0. The predicted molar refractivity (Wildman–Crippen MR) is 284 cm³/mol. The summed E-state index contributed by atoms with van der Waals surface area (Å²) in [6, 6.07) is 0. The minimum Gasteiger partial charge on any atom is -0.466 e. The molecule has 386 valence electrons. The van der Waals surface area contributed by atoms with Crippen LogP contribution in [0.25, 0.3) is 0 Å². The minimum atomic E-state index is -0.876. The van der Waals surface area contributed by atoms with Crippen LogP contribution in [0.2, 0.25) is 0 Å². The van der Waals surface area contributed by atoms with Crippen LogP contribution >= 0.6 is 0 Å². The van der Waals surface area contributed by atoms with Gasteiger partial charge < -0.3 is 14.2 Å². The highest BCUT2D eigenvalue weighted by Gasteiger charge is 2.28. The summed E-state index contributed by atoms with van der Waals surface area (Å²) in [5.41, 5.74) is 0. The Kier molecular flexibility index (Phi) is 53.2. The van der Waals surface area contributed by atoms with Crippen molar-refractivity contribution in [2.45, 2.75) is 303 Å². The Balaban J connectivity index is 4.39. The van der Waals surface area contributed by atoms with Crippen LogP contribution in [0.1, 0.15) is 303 Å². The Hall–Kier alpha value is -2.37. The van der Waals surface area contributed by atoms with Gasteiger partial charge in [-0.3, -0.25) is 14.4 Å². The van der Waals surface area contributed by atoms with Crippen molar-refractivity contribution < 1.29 is 28.6 Å². The summed E-state index contributed by atoms with van der Waals surface area (Å²) in [5, 5.41) is 0. The molecular formula is C60H110O6. The molecule has 0 heterocycles. The summed E-state index contributed by atoms with van der Waals surface area (Å²) in [4.78, 5) is 38.9. The molecule has 6 heteroatoms. The van der Waals surface area contributed by atoms with E-state index in [1.165, 1.54) is 205 Å². The van der Waals surface area contributed by atoms with Crippen LogP contribution < -0.4 is 0 Å². The quantitative estimate of drug-likeness (QED) is 0.0262. The molecule has 0 atom stereocenters. The van der Waals surface area contributed by atoms with E-state index in [1.807, 2.05) is 0 Å². The third kappa shape index (κ3) is 51.0. The lowest BCUT2D eigenvalue weighted by molar-refractivity contribution is -0.159. The molecule has 0 aromatic carbocycles. The molecule has 0 radical (unpaired) electrons. The van der Waals surface area contributed by atoms with Gasteiger partial charge in [-0.2, -0.15) is 0 Å². The van der Waals surface area contributed by atoms with Crippen molar-refractivity contribution in [3.63, 3.8) is 0 Å². The molecule has 0 amide bonds. The molecule has 0 spiro atoms. The number of esters is 3. The van der Waals surface area contributed by atoms with E-state index >= 15 is 0 Å². The molecule has 0 fully saturated rings. The molecule has 66 heavy (non-hydrogen) atoms. The molecule has 0 unspecified atom stereocenters. The van der Waals surface area contributed by atoms with Crippen molar-refractivity contribution in [3.8, 4) is 0 Å². The van der Waals surface area contributed by atoms with Gasteiger partial charge in [0, 0.05) is 0 Å². The van der Waals surface area contributed by atoms with Gasteiger partial charge in [0.2, 0.25) is 0 Å². The molecule has 0 aliphatic rings. The second-order valence-corrected chi connectivity index (χ2v) is 19.5. The van der Waals surface area contributed by atoms with Crippen LogP contribution in [0.5, 0.6) is 0 Å². The van der Waals surface area contributed by atoms with E-state index in [9.17, 15) is 14.4 Å². The van der Waals surface area contributed by atoms with E-state index in [0.717, 1.165) is 64.2 Å². The largest absolute Gasteiger partial charge is 0.466 e. The highest BCUT2D eigenvalue weighted by Crippen LogP contribution is 2.17. The smallest absolute Gasteiger partial charge is 0.310 e.